The van der Waals surface area contributed by atoms with Crippen molar-refractivity contribution < 1.29 is 17.2 Å². The van der Waals surface area contributed by atoms with Gasteiger partial charge in [-0.05, 0) is 64.3 Å². The largest absolute Gasteiger partial charge is 0.726 e. The van der Waals surface area contributed by atoms with Crippen LogP contribution in [0.25, 0.3) is 0 Å². The fourth-order valence-corrected chi connectivity index (χ4v) is 2.75. The van der Waals surface area contributed by atoms with E-state index in [1.807, 2.05) is 42.5 Å². The second-order valence-electron chi connectivity index (χ2n) is 8.61. The average molecular weight is 500 g/mol. The van der Waals surface area contributed by atoms with Crippen LogP contribution in [0.4, 0.5) is 22.7 Å². The number of halogens is 1. The number of azo groups is 1. The second-order valence-corrected chi connectivity index (χ2v) is 10.2. The molecule has 0 saturated carbocycles. The third-order valence-corrected chi connectivity index (χ3v) is 5.18. The molecule has 0 aliphatic rings. The van der Waals surface area contributed by atoms with Crippen LogP contribution >= 0.6 is 11.6 Å². The lowest BCUT2D eigenvalue weighted by molar-refractivity contribution is 0.314. The topological polar surface area (TPSA) is 106 Å². The molecule has 0 spiro atoms. The molecule has 0 aliphatic carbocycles. The molecule has 0 heterocycles. The third kappa shape index (κ3) is 12.1. The molecule has 0 fully saturated rings. The quantitative estimate of drug-likeness (QED) is 0.230. The summed E-state index contributed by atoms with van der Waals surface area (Å²) < 4.78 is 31.7. The van der Waals surface area contributed by atoms with Crippen molar-refractivity contribution in [3.8, 4) is 0 Å². The number of nitrogens with zero attached hydrogens (tertiary/aromatic N) is 4. The monoisotopic (exact) mass is 499 g/mol. The number of quaternary nitrogens is 1. The van der Waals surface area contributed by atoms with E-state index < -0.39 is 10.4 Å². The highest BCUT2D eigenvalue weighted by molar-refractivity contribution is 7.80. The van der Waals surface area contributed by atoms with Crippen LogP contribution in [0.1, 0.15) is 13.3 Å². The van der Waals surface area contributed by atoms with Gasteiger partial charge in [-0.2, -0.15) is 5.11 Å². The highest BCUT2D eigenvalue weighted by Crippen LogP contribution is 2.32. The molecule has 2 aromatic carbocycles. The predicted molar refractivity (Wildman–Crippen MR) is 135 cm³/mol. The normalized spacial score (nSPS) is 13.0. The average Bonchev–Trinajstić information content (AvgIpc) is 2.71. The Morgan fingerprint density at radius 3 is 2.15 bits per heavy atom. The number of anilines is 1. The van der Waals surface area contributed by atoms with Gasteiger partial charge in [-0.3, -0.25) is 8.67 Å². The Balaban J connectivity index is 0.000000801. The molecule has 1 unspecified atom stereocenters. The Hall–Kier alpha value is -2.08. The summed E-state index contributed by atoms with van der Waals surface area (Å²) >= 11 is 6.36. The maximum atomic E-state index is 9.22. The first-order valence-electron chi connectivity index (χ1n) is 10.3. The first-order valence-corrected chi connectivity index (χ1v) is 12.0. The second kappa shape index (κ2) is 13.0. The fourth-order valence-electron chi connectivity index (χ4n) is 2.54. The standard InChI is InChI=1S/C21H31ClN5.CH4O4S/c1-16(13-14-26(2)3)23-17-7-9-18(10-8-17)24-25-21-12-11-19(15-20(21)22)27(4,5)6;1-5-6(2,3)4/h7-12,15-16,23H,13-14H2,1-6H3;1H3,(H,2,3,4)/q+1;/p-1. The van der Waals surface area contributed by atoms with Gasteiger partial charge in [0.05, 0.1) is 39.0 Å². The first-order chi connectivity index (χ1) is 15.2. The molecular weight excluding hydrogens is 466 g/mol. The Labute approximate surface area is 202 Å². The van der Waals surface area contributed by atoms with E-state index in [1.165, 1.54) is 0 Å². The van der Waals surface area contributed by atoms with Crippen molar-refractivity contribution in [3.05, 3.63) is 47.5 Å². The van der Waals surface area contributed by atoms with Gasteiger partial charge >= 0.3 is 0 Å². The van der Waals surface area contributed by atoms with Gasteiger partial charge < -0.3 is 14.8 Å². The van der Waals surface area contributed by atoms with E-state index >= 15 is 0 Å². The highest BCUT2D eigenvalue weighted by Gasteiger charge is 2.14. The summed E-state index contributed by atoms with van der Waals surface area (Å²) in [4.78, 5) is 2.19. The smallest absolute Gasteiger partial charge is 0.217 e. The minimum Gasteiger partial charge on any atom is -0.726 e. The molecule has 2 rings (SSSR count). The maximum absolute atomic E-state index is 9.22. The minimum atomic E-state index is -4.41. The van der Waals surface area contributed by atoms with E-state index in [-0.39, 0.29) is 0 Å². The van der Waals surface area contributed by atoms with Gasteiger partial charge in [0.25, 0.3) is 0 Å². The van der Waals surface area contributed by atoms with Crippen LogP contribution in [-0.2, 0) is 14.6 Å². The van der Waals surface area contributed by atoms with Crippen molar-refractivity contribution >= 4 is 44.7 Å². The van der Waals surface area contributed by atoms with Crippen LogP contribution in [0, 0.1) is 0 Å². The van der Waals surface area contributed by atoms with E-state index in [9.17, 15) is 13.0 Å². The molecule has 0 bridgehead atoms. The predicted octanol–water partition coefficient (Wildman–Crippen LogP) is 4.80. The molecule has 1 atom stereocenters. The summed E-state index contributed by atoms with van der Waals surface area (Å²) in [6.07, 6.45) is 1.09. The Kier molecular flexibility index (Phi) is 11.4. The van der Waals surface area contributed by atoms with E-state index in [0.717, 1.165) is 37.1 Å². The zero-order valence-corrected chi connectivity index (χ0v) is 21.8. The number of hydrogen-bond acceptors (Lipinski definition) is 8. The molecule has 0 amide bonds. The van der Waals surface area contributed by atoms with Crippen molar-refractivity contribution in [2.24, 2.45) is 10.2 Å². The van der Waals surface area contributed by atoms with Crippen LogP contribution in [0.2, 0.25) is 5.02 Å². The van der Waals surface area contributed by atoms with E-state index in [1.54, 1.807) is 0 Å². The molecule has 9 nitrogen and oxygen atoms in total. The van der Waals surface area contributed by atoms with E-state index in [0.29, 0.717) is 21.2 Å². The van der Waals surface area contributed by atoms with Crippen molar-refractivity contribution in [3.63, 3.8) is 0 Å². The lowest BCUT2D eigenvalue weighted by atomic mass is 10.2. The Bertz CT molecular complexity index is 1010. The van der Waals surface area contributed by atoms with Crippen molar-refractivity contribution in [2.45, 2.75) is 19.4 Å². The third-order valence-electron chi connectivity index (χ3n) is 4.47. The molecule has 184 valence electrons. The molecule has 0 saturated heterocycles. The zero-order chi connectivity index (χ0) is 25.2. The summed E-state index contributed by atoms with van der Waals surface area (Å²) in [5.41, 5.74) is 3.69. The van der Waals surface area contributed by atoms with Crippen LogP contribution in [-0.4, -0.2) is 72.8 Å². The van der Waals surface area contributed by atoms with Crippen LogP contribution < -0.4 is 9.80 Å². The van der Waals surface area contributed by atoms with Gasteiger partial charge in [0.1, 0.15) is 11.4 Å². The number of benzene rings is 2. The van der Waals surface area contributed by atoms with Crippen molar-refractivity contribution in [1.29, 1.82) is 0 Å². The maximum Gasteiger partial charge on any atom is 0.217 e. The molecule has 0 aromatic heterocycles. The molecule has 11 heteroatoms. The SMILES string of the molecule is CC(CCN(C)C)Nc1ccc(N=Nc2ccc([N+](C)(C)C)cc2Cl)cc1.COS(=O)(=O)[O-]. The summed E-state index contributed by atoms with van der Waals surface area (Å²) in [6.45, 7) is 3.26. The van der Waals surface area contributed by atoms with Gasteiger partial charge in [-0.25, -0.2) is 8.42 Å². The van der Waals surface area contributed by atoms with Crippen LogP contribution in [0.15, 0.2) is 52.7 Å². The number of nitrogens with one attached hydrogen (secondary N) is 1. The van der Waals surface area contributed by atoms with Gasteiger partial charge in [-0.15, -0.1) is 5.11 Å². The molecule has 1 N–H and O–H groups in total. The summed E-state index contributed by atoms with van der Waals surface area (Å²) in [6, 6.07) is 14.3. The Morgan fingerprint density at radius 2 is 1.70 bits per heavy atom. The fraction of sp³-hybridized carbons (Fsp3) is 0.455. The van der Waals surface area contributed by atoms with Crippen molar-refractivity contribution in [1.82, 2.24) is 9.38 Å². The molecular formula is C22H34ClN5O4S. The van der Waals surface area contributed by atoms with Gasteiger partial charge in [-0.1, -0.05) is 11.6 Å². The van der Waals surface area contributed by atoms with Gasteiger partial charge in [0.2, 0.25) is 10.4 Å². The highest BCUT2D eigenvalue weighted by atomic mass is 35.5. The minimum absolute atomic E-state index is 0.415. The van der Waals surface area contributed by atoms with Crippen LogP contribution in [0.5, 0.6) is 0 Å². The number of hydrogen-bond donors (Lipinski definition) is 1. The van der Waals surface area contributed by atoms with E-state index in [4.69, 9.17) is 11.6 Å². The first kappa shape index (κ1) is 29.0. The molecule has 0 aliphatic heterocycles. The van der Waals surface area contributed by atoms with Crippen molar-refractivity contribution in [2.75, 3.05) is 54.2 Å². The summed E-state index contributed by atoms with van der Waals surface area (Å²) in [7, 11) is 6.88. The Morgan fingerprint density at radius 1 is 1.12 bits per heavy atom. The van der Waals surface area contributed by atoms with Gasteiger partial charge in [0, 0.05) is 23.9 Å². The van der Waals surface area contributed by atoms with Gasteiger partial charge in [0.15, 0.2) is 0 Å². The summed E-state index contributed by atoms with van der Waals surface area (Å²) in [5.74, 6) is 0. The molecule has 0 radical (unpaired) electrons. The number of rotatable bonds is 9. The van der Waals surface area contributed by atoms with Crippen LogP contribution in [0.3, 0.4) is 0 Å². The molecule has 2 aromatic rings. The lowest BCUT2D eigenvalue weighted by Gasteiger charge is -2.23. The summed E-state index contributed by atoms with van der Waals surface area (Å²) in [5, 5.41) is 12.7. The molecule has 33 heavy (non-hydrogen) atoms. The lowest BCUT2D eigenvalue weighted by Crippen LogP contribution is -2.34. The zero-order valence-electron chi connectivity index (χ0n) is 20.2. The van der Waals surface area contributed by atoms with E-state index in [2.05, 4.69) is 66.8 Å².